The molecule has 0 saturated carbocycles. The van der Waals surface area contributed by atoms with Gasteiger partial charge < -0.3 is 19.7 Å². The Morgan fingerprint density at radius 2 is 1.86 bits per heavy atom. The molecule has 1 aromatic rings. The van der Waals surface area contributed by atoms with Crippen molar-refractivity contribution in [2.24, 2.45) is 11.8 Å². The summed E-state index contributed by atoms with van der Waals surface area (Å²) in [6.07, 6.45) is 2.82. The van der Waals surface area contributed by atoms with Gasteiger partial charge in [0.05, 0.1) is 18.1 Å². The van der Waals surface area contributed by atoms with Crippen molar-refractivity contribution < 1.29 is 29.3 Å². The molecule has 0 bridgehead atoms. The van der Waals surface area contributed by atoms with E-state index in [2.05, 4.69) is 0 Å². The van der Waals surface area contributed by atoms with E-state index in [0.29, 0.717) is 16.9 Å². The molecule has 6 heteroatoms. The molecule has 152 valence electrons. The maximum Gasteiger partial charge on any atom is 0.311 e. The largest absolute Gasteiger partial charge is 0.506 e. The molecular weight excluding hydrogens is 360 g/mol. The predicted octanol–water partition coefficient (Wildman–Crippen LogP) is 3.82. The average Bonchev–Trinajstić information content (AvgIpc) is 2.58. The Labute approximate surface area is 165 Å². The van der Waals surface area contributed by atoms with E-state index < -0.39 is 29.4 Å². The molecule has 1 aromatic carbocycles. The van der Waals surface area contributed by atoms with Crippen molar-refractivity contribution in [3.05, 3.63) is 22.8 Å². The van der Waals surface area contributed by atoms with E-state index in [1.54, 1.807) is 13.0 Å². The highest BCUT2D eigenvalue weighted by Crippen LogP contribution is 2.54. The molecule has 2 N–H and O–H groups in total. The van der Waals surface area contributed by atoms with Crippen LogP contribution >= 0.6 is 0 Å². The maximum atomic E-state index is 13.1. The fourth-order valence-corrected chi connectivity index (χ4v) is 3.70. The summed E-state index contributed by atoms with van der Waals surface area (Å²) in [4.78, 5) is 25.4. The highest BCUT2D eigenvalue weighted by Gasteiger charge is 2.42. The number of aromatic hydroxyl groups is 1. The van der Waals surface area contributed by atoms with Gasteiger partial charge in [-0.05, 0) is 38.8 Å². The predicted molar refractivity (Wildman–Crippen MR) is 105 cm³/mol. The number of ketones is 1. The van der Waals surface area contributed by atoms with E-state index in [-0.39, 0.29) is 35.3 Å². The Balaban J connectivity index is 2.36. The summed E-state index contributed by atoms with van der Waals surface area (Å²) < 4.78 is 11.7. The van der Waals surface area contributed by atoms with Crippen LogP contribution in [0.2, 0.25) is 0 Å². The number of carbonyl (C=O) groups excluding carboxylic acids is 2. The van der Waals surface area contributed by atoms with Crippen LogP contribution in [0, 0.1) is 11.8 Å². The zero-order valence-electron chi connectivity index (χ0n) is 17.2. The normalized spacial score (nSPS) is 22.0. The van der Waals surface area contributed by atoms with Gasteiger partial charge in [0.25, 0.3) is 0 Å². The minimum absolute atomic E-state index is 0.0613. The van der Waals surface area contributed by atoms with Gasteiger partial charge in [0.2, 0.25) is 0 Å². The van der Waals surface area contributed by atoms with Crippen molar-refractivity contribution in [3.8, 4) is 17.2 Å². The lowest BCUT2D eigenvalue weighted by Gasteiger charge is -2.36. The van der Waals surface area contributed by atoms with Gasteiger partial charge in [-0.15, -0.1) is 0 Å². The number of fused-ring (bicyclic) bond motifs is 3. The fraction of sp³-hybridized carbons (Fsp3) is 0.545. The number of phenols is 1. The first-order valence-electron chi connectivity index (χ1n) is 9.68. The first kappa shape index (κ1) is 20.4. The molecule has 6 nitrogen and oxygen atoms in total. The number of aliphatic hydroxyl groups is 1. The van der Waals surface area contributed by atoms with E-state index >= 15 is 0 Å². The van der Waals surface area contributed by atoms with Gasteiger partial charge in [-0.25, -0.2) is 0 Å². The van der Waals surface area contributed by atoms with Crippen LogP contribution in [0.4, 0.5) is 0 Å². The summed E-state index contributed by atoms with van der Waals surface area (Å²) in [7, 11) is 0. The summed E-state index contributed by atoms with van der Waals surface area (Å²) in [6, 6.07) is 0. The number of hydrogen-bond donors (Lipinski definition) is 2. The van der Waals surface area contributed by atoms with Crippen LogP contribution in [0.15, 0.2) is 6.08 Å². The van der Waals surface area contributed by atoms with E-state index in [1.165, 1.54) is 6.92 Å². The number of Topliss-reactive ketones (excluding diaryl/α,β-unsaturated/α-hetero) is 1. The van der Waals surface area contributed by atoms with Gasteiger partial charge in [-0.1, -0.05) is 20.8 Å². The lowest BCUT2D eigenvalue weighted by molar-refractivity contribution is -0.136. The second kappa shape index (κ2) is 6.92. The molecule has 0 radical (unpaired) electrons. The fourth-order valence-electron chi connectivity index (χ4n) is 3.70. The Morgan fingerprint density at radius 3 is 2.43 bits per heavy atom. The number of carbonyl (C=O) groups is 2. The second-order valence-corrected chi connectivity index (χ2v) is 8.67. The van der Waals surface area contributed by atoms with Gasteiger partial charge in [0.15, 0.2) is 11.5 Å². The van der Waals surface area contributed by atoms with Crippen LogP contribution in [-0.4, -0.2) is 33.7 Å². The molecule has 0 unspecified atom stereocenters. The van der Waals surface area contributed by atoms with Crippen molar-refractivity contribution in [1.82, 2.24) is 0 Å². The summed E-state index contributed by atoms with van der Waals surface area (Å²) in [5.41, 5.74) is 0.381. The van der Waals surface area contributed by atoms with Crippen molar-refractivity contribution >= 4 is 17.8 Å². The molecule has 28 heavy (non-hydrogen) atoms. The molecular formula is C22H28O6. The Morgan fingerprint density at radius 1 is 1.21 bits per heavy atom. The minimum Gasteiger partial charge on any atom is -0.506 e. The SMILES string of the molecule is CC(C)[C@@H]1CC(=O)Oc2c(C(=O)[C@@H](C)[C@H](C)O)c(O)c3c(c21)OC(C)(C)C=C3. The van der Waals surface area contributed by atoms with Gasteiger partial charge >= 0.3 is 5.97 Å². The number of benzene rings is 1. The number of phenolic OH excluding ortho intramolecular Hbond substituents is 1. The van der Waals surface area contributed by atoms with Crippen molar-refractivity contribution in [2.45, 2.75) is 65.6 Å². The van der Waals surface area contributed by atoms with E-state index in [4.69, 9.17) is 9.47 Å². The van der Waals surface area contributed by atoms with Crippen LogP contribution < -0.4 is 9.47 Å². The van der Waals surface area contributed by atoms with Crippen LogP contribution in [0.1, 0.15) is 75.4 Å². The third kappa shape index (κ3) is 3.30. The number of ether oxygens (including phenoxy) is 2. The highest BCUT2D eigenvalue weighted by atomic mass is 16.5. The third-order valence-electron chi connectivity index (χ3n) is 5.63. The summed E-state index contributed by atoms with van der Waals surface area (Å²) in [5, 5.41) is 20.8. The molecule has 2 aliphatic heterocycles. The Bertz CT molecular complexity index is 863. The Kier molecular flexibility index (Phi) is 5.04. The van der Waals surface area contributed by atoms with Crippen LogP contribution in [0.5, 0.6) is 17.2 Å². The molecule has 2 aliphatic rings. The second-order valence-electron chi connectivity index (χ2n) is 8.67. The standard InChI is InChI=1S/C22H28O6/c1-10(2)14-9-15(24)27-21-16(14)20-13(7-8-22(5,6)28-20)19(26)17(21)18(25)11(3)12(4)23/h7-8,10-12,14,23,26H,9H2,1-6H3/t11-,12-,14-/m0/s1. The minimum atomic E-state index is -0.913. The van der Waals surface area contributed by atoms with Gasteiger partial charge in [0.1, 0.15) is 22.7 Å². The number of aliphatic hydroxyl groups excluding tert-OH is 1. The van der Waals surface area contributed by atoms with Crippen molar-refractivity contribution in [1.29, 1.82) is 0 Å². The van der Waals surface area contributed by atoms with E-state index in [0.717, 1.165) is 0 Å². The highest BCUT2D eigenvalue weighted by molar-refractivity contribution is 6.06. The first-order chi connectivity index (χ1) is 12.9. The lowest BCUT2D eigenvalue weighted by atomic mass is 9.78. The average molecular weight is 388 g/mol. The van der Waals surface area contributed by atoms with Gasteiger partial charge in [0, 0.05) is 17.4 Å². The first-order valence-corrected chi connectivity index (χ1v) is 9.68. The summed E-state index contributed by atoms with van der Waals surface area (Å²) in [5.74, 6) is -1.57. The van der Waals surface area contributed by atoms with Crippen LogP contribution in [0.25, 0.3) is 6.08 Å². The smallest absolute Gasteiger partial charge is 0.311 e. The van der Waals surface area contributed by atoms with Gasteiger partial charge in [-0.2, -0.15) is 0 Å². The molecule has 3 rings (SSSR count). The molecule has 0 aliphatic carbocycles. The van der Waals surface area contributed by atoms with Crippen molar-refractivity contribution in [3.63, 3.8) is 0 Å². The topological polar surface area (TPSA) is 93.1 Å². The molecule has 0 saturated heterocycles. The summed E-state index contributed by atoms with van der Waals surface area (Å²) >= 11 is 0. The third-order valence-corrected chi connectivity index (χ3v) is 5.63. The maximum absolute atomic E-state index is 13.1. The lowest BCUT2D eigenvalue weighted by Crippen LogP contribution is -2.32. The van der Waals surface area contributed by atoms with E-state index in [1.807, 2.05) is 33.8 Å². The summed E-state index contributed by atoms with van der Waals surface area (Å²) in [6.45, 7) is 10.9. The van der Waals surface area contributed by atoms with Crippen LogP contribution in [0.3, 0.4) is 0 Å². The Hall–Kier alpha value is -2.34. The number of esters is 1. The molecule has 0 spiro atoms. The van der Waals surface area contributed by atoms with E-state index in [9.17, 15) is 19.8 Å². The molecule has 0 amide bonds. The quantitative estimate of drug-likeness (QED) is 0.463. The van der Waals surface area contributed by atoms with Crippen molar-refractivity contribution in [2.75, 3.05) is 0 Å². The van der Waals surface area contributed by atoms with Gasteiger partial charge in [-0.3, -0.25) is 9.59 Å². The monoisotopic (exact) mass is 388 g/mol. The zero-order chi connectivity index (χ0) is 21.0. The molecule has 0 aromatic heterocycles. The number of rotatable bonds is 4. The molecule has 0 fully saturated rings. The number of hydrogen-bond acceptors (Lipinski definition) is 6. The molecule has 2 heterocycles. The molecule has 3 atom stereocenters. The zero-order valence-corrected chi connectivity index (χ0v) is 17.2. The van der Waals surface area contributed by atoms with Crippen LogP contribution in [-0.2, 0) is 4.79 Å².